The summed E-state index contributed by atoms with van der Waals surface area (Å²) in [5, 5.41) is 5.81. The maximum Gasteiger partial charge on any atom is 0.0386 e. The standard InChI is InChI=1S/C13H22N2S/c1-11(13-6-4-8-16-13)14-9-12-5-3-7-15(2)10-12/h4,6,8,11-12,14H,3,5,7,9-10H2,1-2H3/t11-,12?/m1/s1. The van der Waals surface area contributed by atoms with Crippen LogP contribution in [0.2, 0.25) is 0 Å². The Morgan fingerprint density at radius 2 is 2.50 bits per heavy atom. The van der Waals surface area contributed by atoms with Gasteiger partial charge in [-0.15, -0.1) is 11.3 Å². The Kier molecular flexibility index (Phi) is 4.38. The number of rotatable bonds is 4. The molecular formula is C13H22N2S. The molecule has 3 heteroatoms. The zero-order chi connectivity index (χ0) is 11.4. The van der Waals surface area contributed by atoms with Crippen molar-refractivity contribution in [1.82, 2.24) is 10.2 Å². The molecule has 1 aromatic heterocycles. The maximum absolute atomic E-state index is 3.66. The molecule has 2 heterocycles. The highest BCUT2D eigenvalue weighted by Crippen LogP contribution is 2.20. The minimum atomic E-state index is 0.507. The zero-order valence-corrected chi connectivity index (χ0v) is 11.1. The molecule has 0 saturated carbocycles. The first-order chi connectivity index (χ1) is 7.75. The molecule has 1 fully saturated rings. The predicted molar refractivity (Wildman–Crippen MR) is 71.0 cm³/mol. The van der Waals surface area contributed by atoms with Gasteiger partial charge in [0.2, 0.25) is 0 Å². The fraction of sp³-hybridized carbons (Fsp3) is 0.692. The van der Waals surface area contributed by atoms with Gasteiger partial charge in [-0.05, 0) is 57.3 Å². The van der Waals surface area contributed by atoms with Gasteiger partial charge in [0, 0.05) is 17.5 Å². The molecule has 0 aromatic carbocycles. The Bertz CT molecular complexity index is 297. The van der Waals surface area contributed by atoms with Crippen LogP contribution in [0.1, 0.15) is 30.7 Å². The summed E-state index contributed by atoms with van der Waals surface area (Å²) in [5.74, 6) is 0.834. The first kappa shape index (κ1) is 12.1. The number of likely N-dealkylation sites (tertiary alicyclic amines) is 1. The van der Waals surface area contributed by atoms with Gasteiger partial charge in [-0.1, -0.05) is 6.07 Å². The van der Waals surface area contributed by atoms with Crippen LogP contribution >= 0.6 is 11.3 Å². The number of hydrogen-bond acceptors (Lipinski definition) is 3. The Hall–Kier alpha value is -0.380. The molecule has 2 nitrogen and oxygen atoms in total. The summed E-state index contributed by atoms with van der Waals surface area (Å²) in [4.78, 5) is 3.90. The highest BCUT2D eigenvalue weighted by atomic mass is 32.1. The smallest absolute Gasteiger partial charge is 0.0386 e. The Balaban J connectivity index is 1.74. The van der Waals surface area contributed by atoms with Crippen molar-refractivity contribution < 1.29 is 0 Å². The van der Waals surface area contributed by atoms with Crippen molar-refractivity contribution in [1.29, 1.82) is 0 Å². The van der Waals surface area contributed by atoms with E-state index in [9.17, 15) is 0 Å². The van der Waals surface area contributed by atoms with E-state index in [1.807, 2.05) is 11.3 Å². The SMILES string of the molecule is C[C@@H](NCC1CCCN(C)C1)c1cccs1. The molecular weight excluding hydrogens is 216 g/mol. The van der Waals surface area contributed by atoms with E-state index in [4.69, 9.17) is 0 Å². The highest BCUT2D eigenvalue weighted by Gasteiger charge is 2.17. The van der Waals surface area contributed by atoms with Gasteiger partial charge < -0.3 is 10.2 Å². The van der Waals surface area contributed by atoms with Gasteiger partial charge in [0.05, 0.1) is 0 Å². The lowest BCUT2D eigenvalue weighted by Crippen LogP contribution is -2.37. The summed E-state index contributed by atoms with van der Waals surface area (Å²) in [7, 11) is 2.23. The molecule has 0 radical (unpaired) electrons. The molecule has 0 spiro atoms. The van der Waals surface area contributed by atoms with Crippen LogP contribution in [0, 0.1) is 5.92 Å². The normalized spacial score (nSPS) is 24.5. The van der Waals surface area contributed by atoms with E-state index >= 15 is 0 Å². The Morgan fingerprint density at radius 1 is 1.62 bits per heavy atom. The number of nitrogens with one attached hydrogen (secondary N) is 1. The molecule has 16 heavy (non-hydrogen) atoms. The van der Waals surface area contributed by atoms with Crippen molar-refractivity contribution >= 4 is 11.3 Å². The van der Waals surface area contributed by atoms with Crippen LogP contribution in [0.5, 0.6) is 0 Å². The van der Waals surface area contributed by atoms with Crippen LogP contribution in [-0.2, 0) is 0 Å². The largest absolute Gasteiger partial charge is 0.309 e. The first-order valence-corrected chi connectivity index (χ1v) is 7.09. The molecule has 0 amide bonds. The molecule has 2 atom stereocenters. The predicted octanol–water partition coefficient (Wildman–Crippen LogP) is 2.74. The summed E-state index contributed by atoms with van der Waals surface area (Å²) < 4.78 is 0. The minimum absolute atomic E-state index is 0.507. The van der Waals surface area contributed by atoms with E-state index in [1.165, 1.54) is 30.8 Å². The third kappa shape index (κ3) is 3.30. The van der Waals surface area contributed by atoms with Crippen molar-refractivity contribution in [3.05, 3.63) is 22.4 Å². The molecule has 90 valence electrons. The van der Waals surface area contributed by atoms with Crippen molar-refractivity contribution in [2.75, 3.05) is 26.7 Å². The highest BCUT2D eigenvalue weighted by molar-refractivity contribution is 7.10. The monoisotopic (exact) mass is 238 g/mol. The van der Waals surface area contributed by atoms with E-state index in [2.05, 4.69) is 41.7 Å². The van der Waals surface area contributed by atoms with Crippen LogP contribution in [0.3, 0.4) is 0 Å². The lowest BCUT2D eigenvalue weighted by atomic mass is 9.98. The average molecular weight is 238 g/mol. The van der Waals surface area contributed by atoms with E-state index in [0.717, 1.165) is 12.5 Å². The van der Waals surface area contributed by atoms with Crippen molar-refractivity contribution in [3.8, 4) is 0 Å². The second-order valence-electron chi connectivity index (χ2n) is 4.92. The van der Waals surface area contributed by atoms with Gasteiger partial charge in [0.1, 0.15) is 0 Å². The van der Waals surface area contributed by atoms with E-state index < -0.39 is 0 Å². The third-order valence-electron chi connectivity index (χ3n) is 3.40. The molecule has 1 N–H and O–H groups in total. The molecule has 2 rings (SSSR count). The third-order valence-corrected chi connectivity index (χ3v) is 4.46. The summed E-state index contributed by atoms with van der Waals surface area (Å²) in [6.45, 7) is 5.95. The Labute approximate surface area is 103 Å². The van der Waals surface area contributed by atoms with Crippen LogP contribution in [0.4, 0.5) is 0 Å². The molecule has 0 bridgehead atoms. The molecule has 1 aliphatic heterocycles. The van der Waals surface area contributed by atoms with Gasteiger partial charge in [-0.2, -0.15) is 0 Å². The number of thiophene rings is 1. The summed E-state index contributed by atoms with van der Waals surface area (Å²) in [5.41, 5.74) is 0. The molecule has 1 aromatic rings. The lowest BCUT2D eigenvalue weighted by molar-refractivity contribution is 0.203. The van der Waals surface area contributed by atoms with Gasteiger partial charge in [0.25, 0.3) is 0 Å². The maximum atomic E-state index is 3.66. The van der Waals surface area contributed by atoms with E-state index in [-0.39, 0.29) is 0 Å². The minimum Gasteiger partial charge on any atom is -0.309 e. The van der Waals surface area contributed by atoms with Crippen molar-refractivity contribution in [2.45, 2.75) is 25.8 Å². The number of piperidine rings is 1. The molecule has 0 aliphatic carbocycles. The molecule has 1 unspecified atom stereocenters. The fourth-order valence-corrected chi connectivity index (χ4v) is 3.18. The fourth-order valence-electron chi connectivity index (χ4n) is 2.42. The van der Waals surface area contributed by atoms with Gasteiger partial charge in [0.15, 0.2) is 0 Å². The zero-order valence-electron chi connectivity index (χ0n) is 10.3. The van der Waals surface area contributed by atoms with E-state index in [0.29, 0.717) is 6.04 Å². The van der Waals surface area contributed by atoms with Gasteiger partial charge >= 0.3 is 0 Å². The van der Waals surface area contributed by atoms with Gasteiger partial charge in [-0.25, -0.2) is 0 Å². The summed E-state index contributed by atoms with van der Waals surface area (Å²) in [6.07, 6.45) is 2.74. The number of hydrogen-bond donors (Lipinski definition) is 1. The van der Waals surface area contributed by atoms with Crippen molar-refractivity contribution in [3.63, 3.8) is 0 Å². The van der Waals surface area contributed by atoms with Crippen LogP contribution in [0.25, 0.3) is 0 Å². The quantitative estimate of drug-likeness (QED) is 0.867. The summed E-state index contributed by atoms with van der Waals surface area (Å²) >= 11 is 1.85. The van der Waals surface area contributed by atoms with Crippen LogP contribution < -0.4 is 5.32 Å². The van der Waals surface area contributed by atoms with E-state index in [1.54, 1.807) is 0 Å². The second-order valence-corrected chi connectivity index (χ2v) is 5.90. The van der Waals surface area contributed by atoms with Crippen LogP contribution in [0.15, 0.2) is 17.5 Å². The van der Waals surface area contributed by atoms with Gasteiger partial charge in [-0.3, -0.25) is 0 Å². The topological polar surface area (TPSA) is 15.3 Å². The second kappa shape index (κ2) is 5.80. The Morgan fingerprint density at radius 3 is 3.19 bits per heavy atom. The number of nitrogens with zero attached hydrogens (tertiary/aromatic N) is 1. The van der Waals surface area contributed by atoms with Crippen molar-refractivity contribution in [2.24, 2.45) is 5.92 Å². The van der Waals surface area contributed by atoms with Crippen LogP contribution in [-0.4, -0.2) is 31.6 Å². The lowest BCUT2D eigenvalue weighted by Gasteiger charge is -2.30. The molecule has 1 aliphatic rings. The first-order valence-electron chi connectivity index (χ1n) is 6.21. The average Bonchev–Trinajstić information content (AvgIpc) is 2.79. The summed E-state index contributed by atoms with van der Waals surface area (Å²) in [6, 6.07) is 4.86. The molecule has 1 saturated heterocycles.